The second-order valence-corrected chi connectivity index (χ2v) is 5.74. The Bertz CT molecular complexity index is 685. The molecule has 0 saturated carbocycles. The number of carbonyl (C=O) groups excluding carboxylic acids is 1. The fourth-order valence-corrected chi connectivity index (χ4v) is 2.46. The molecular formula is C19H23NO. The van der Waals surface area contributed by atoms with Crippen LogP contribution >= 0.6 is 0 Å². The third-order valence-corrected chi connectivity index (χ3v) is 3.67. The number of hydrogen-bond acceptors (Lipinski definition) is 1. The fourth-order valence-electron chi connectivity index (χ4n) is 2.46. The van der Waals surface area contributed by atoms with Crippen LogP contribution in [-0.4, -0.2) is 10.9 Å². The Balaban J connectivity index is 2.13. The van der Waals surface area contributed by atoms with E-state index in [1.165, 1.54) is 11.1 Å². The molecule has 1 heterocycles. The highest BCUT2D eigenvalue weighted by Crippen LogP contribution is 2.20. The molecule has 2 heteroatoms. The minimum Gasteiger partial charge on any atom is -0.343 e. The second kappa shape index (κ2) is 7.07. The van der Waals surface area contributed by atoms with Gasteiger partial charge < -0.3 is 4.57 Å². The Hall–Kier alpha value is -2.09. The third kappa shape index (κ3) is 3.94. The maximum absolute atomic E-state index is 11.1. The first-order chi connectivity index (χ1) is 10.1. The Morgan fingerprint density at radius 3 is 2.62 bits per heavy atom. The van der Waals surface area contributed by atoms with Crippen LogP contribution in [0.2, 0.25) is 0 Å². The van der Waals surface area contributed by atoms with E-state index in [0.29, 0.717) is 0 Å². The number of hydrogen-bond donors (Lipinski definition) is 0. The van der Waals surface area contributed by atoms with Gasteiger partial charge in [-0.2, -0.15) is 0 Å². The molecule has 0 amide bonds. The largest absolute Gasteiger partial charge is 0.343 e. The lowest BCUT2D eigenvalue weighted by molar-refractivity contribution is 0.112. The molecule has 0 fully saturated rings. The monoisotopic (exact) mass is 281 g/mol. The number of para-hydroxylation sites is 1. The Labute approximate surface area is 126 Å². The highest BCUT2D eigenvalue weighted by Gasteiger charge is 2.05. The van der Waals surface area contributed by atoms with E-state index in [4.69, 9.17) is 0 Å². The smallest absolute Gasteiger partial charge is 0.152 e. The zero-order valence-electron chi connectivity index (χ0n) is 13.1. The van der Waals surface area contributed by atoms with Gasteiger partial charge in [0.2, 0.25) is 0 Å². The summed E-state index contributed by atoms with van der Waals surface area (Å²) in [6.45, 7) is 7.25. The van der Waals surface area contributed by atoms with Crippen molar-refractivity contribution in [2.75, 3.05) is 0 Å². The Morgan fingerprint density at radius 1 is 1.14 bits per heavy atom. The van der Waals surface area contributed by atoms with Crippen molar-refractivity contribution in [3.8, 4) is 0 Å². The van der Waals surface area contributed by atoms with Crippen molar-refractivity contribution in [2.24, 2.45) is 0 Å². The standard InChI is InChI=1S/C19H23NO/c1-15(2)7-6-8-16(3)11-12-20-13-17(14-21)18-9-4-5-10-19(18)20/h4-5,7,9-11,13-14H,6,8,12H2,1-3H3/b16-11+. The van der Waals surface area contributed by atoms with E-state index >= 15 is 0 Å². The van der Waals surface area contributed by atoms with E-state index in [9.17, 15) is 4.79 Å². The van der Waals surface area contributed by atoms with Crippen molar-refractivity contribution in [1.29, 1.82) is 0 Å². The van der Waals surface area contributed by atoms with Gasteiger partial charge in [-0.3, -0.25) is 4.79 Å². The van der Waals surface area contributed by atoms with Gasteiger partial charge >= 0.3 is 0 Å². The number of aromatic nitrogens is 1. The number of carbonyl (C=O) groups is 1. The lowest BCUT2D eigenvalue weighted by atomic mass is 10.1. The molecule has 2 aromatic rings. The number of benzene rings is 1. The van der Waals surface area contributed by atoms with Crippen LogP contribution in [0.25, 0.3) is 10.9 Å². The van der Waals surface area contributed by atoms with Crippen molar-refractivity contribution in [3.63, 3.8) is 0 Å². The molecule has 0 saturated heterocycles. The van der Waals surface area contributed by atoms with Crippen LogP contribution in [0.15, 0.2) is 53.8 Å². The molecule has 110 valence electrons. The number of allylic oxidation sites excluding steroid dienone is 4. The molecule has 2 rings (SSSR count). The molecule has 0 N–H and O–H groups in total. The van der Waals surface area contributed by atoms with Gasteiger partial charge in [0.15, 0.2) is 6.29 Å². The first kappa shape index (κ1) is 15.3. The first-order valence-corrected chi connectivity index (χ1v) is 7.44. The van der Waals surface area contributed by atoms with Crippen molar-refractivity contribution >= 4 is 17.2 Å². The van der Waals surface area contributed by atoms with Crippen LogP contribution in [0.1, 0.15) is 44.0 Å². The summed E-state index contributed by atoms with van der Waals surface area (Å²) in [5.41, 5.74) is 4.64. The normalized spacial score (nSPS) is 11.7. The van der Waals surface area contributed by atoms with Gasteiger partial charge in [-0.15, -0.1) is 0 Å². The number of rotatable bonds is 6. The van der Waals surface area contributed by atoms with Crippen molar-refractivity contribution in [2.45, 2.75) is 40.2 Å². The van der Waals surface area contributed by atoms with Gasteiger partial charge in [-0.1, -0.05) is 41.5 Å². The molecule has 0 spiro atoms. The fraction of sp³-hybridized carbons (Fsp3) is 0.316. The van der Waals surface area contributed by atoms with Crippen LogP contribution in [0, 0.1) is 0 Å². The van der Waals surface area contributed by atoms with Crippen LogP contribution in [-0.2, 0) is 6.54 Å². The SMILES string of the molecule is CC(C)=CCC/C(C)=C/Cn1cc(C=O)c2ccccc21. The zero-order chi connectivity index (χ0) is 15.2. The Morgan fingerprint density at radius 2 is 1.90 bits per heavy atom. The topological polar surface area (TPSA) is 22.0 Å². The summed E-state index contributed by atoms with van der Waals surface area (Å²) in [6.07, 6.45) is 9.58. The van der Waals surface area contributed by atoms with E-state index in [-0.39, 0.29) is 0 Å². The van der Waals surface area contributed by atoms with Crippen LogP contribution in [0.4, 0.5) is 0 Å². The molecule has 21 heavy (non-hydrogen) atoms. The van der Waals surface area contributed by atoms with Crippen LogP contribution < -0.4 is 0 Å². The van der Waals surface area contributed by atoms with Gasteiger partial charge in [-0.25, -0.2) is 0 Å². The molecule has 0 aliphatic heterocycles. The molecule has 0 bridgehead atoms. The quantitative estimate of drug-likeness (QED) is 0.530. The third-order valence-electron chi connectivity index (χ3n) is 3.67. The van der Waals surface area contributed by atoms with Gasteiger partial charge in [-0.05, 0) is 39.7 Å². The summed E-state index contributed by atoms with van der Waals surface area (Å²) >= 11 is 0. The Kier molecular flexibility index (Phi) is 5.15. The zero-order valence-corrected chi connectivity index (χ0v) is 13.1. The summed E-state index contributed by atoms with van der Waals surface area (Å²) in [4.78, 5) is 11.1. The average Bonchev–Trinajstić information content (AvgIpc) is 2.83. The molecule has 0 atom stereocenters. The van der Waals surface area contributed by atoms with E-state index in [2.05, 4.69) is 43.6 Å². The summed E-state index contributed by atoms with van der Waals surface area (Å²) in [7, 11) is 0. The minimum absolute atomic E-state index is 0.765. The molecule has 0 radical (unpaired) electrons. The van der Waals surface area contributed by atoms with Gasteiger partial charge in [0, 0.05) is 29.2 Å². The number of fused-ring (bicyclic) bond motifs is 1. The molecule has 1 aromatic carbocycles. The average molecular weight is 281 g/mol. The molecular weight excluding hydrogens is 258 g/mol. The highest BCUT2D eigenvalue weighted by atomic mass is 16.1. The second-order valence-electron chi connectivity index (χ2n) is 5.74. The van der Waals surface area contributed by atoms with E-state index < -0.39 is 0 Å². The van der Waals surface area contributed by atoms with Crippen molar-refractivity contribution in [3.05, 3.63) is 59.3 Å². The molecule has 0 aliphatic rings. The predicted molar refractivity (Wildman–Crippen MR) is 89.7 cm³/mol. The first-order valence-electron chi connectivity index (χ1n) is 7.44. The molecule has 1 aromatic heterocycles. The van der Waals surface area contributed by atoms with E-state index in [0.717, 1.165) is 42.1 Å². The summed E-state index contributed by atoms with van der Waals surface area (Å²) < 4.78 is 2.14. The summed E-state index contributed by atoms with van der Waals surface area (Å²) in [5, 5.41) is 1.03. The molecule has 0 unspecified atom stereocenters. The van der Waals surface area contributed by atoms with Crippen molar-refractivity contribution < 1.29 is 4.79 Å². The van der Waals surface area contributed by atoms with Crippen LogP contribution in [0.5, 0.6) is 0 Å². The number of nitrogens with zero attached hydrogens (tertiary/aromatic N) is 1. The van der Waals surface area contributed by atoms with E-state index in [1.54, 1.807) is 0 Å². The molecule has 2 nitrogen and oxygen atoms in total. The lowest BCUT2D eigenvalue weighted by Gasteiger charge is -2.03. The molecule has 0 aliphatic carbocycles. The minimum atomic E-state index is 0.765. The predicted octanol–water partition coefficient (Wildman–Crippen LogP) is 5.15. The van der Waals surface area contributed by atoms with Gasteiger partial charge in [0.25, 0.3) is 0 Å². The maximum atomic E-state index is 11.1. The van der Waals surface area contributed by atoms with Crippen LogP contribution in [0.3, 0.4) is 0 Å². The summed E-state index contributed by atoms with van der Waals surface area (Å²) in [6, 6.07) is 8.05. The highest BCUT2D eigenvalue weighted by molar-refractivity contribution is 5.97. The van der Waals surface area contributed by atoms with Crippen molar-refractivity contribution in [1.82, 2.24) is 4.57 Å². The maximum Gasteiger partial charge on any atom is 0.152 e. The van der Waals surface area contributed by atoms with E-state index in [1.807, 2.05) is 24.4 Å². The summed E-state index contributed by atoms with van der Waals surface area (Å²) in [5.74, 6) is 0. The lowest BCUT2D eigenvalue weighted by Crippen LogP contribution is -1.93. The number of aldehydes is 1. The van der Waals surface area contributed by atoms with Gasteiger partial charge in [0.05, 0.1) is 0 Å². The van der Waals surface area contributed by atoms with Gasteiger partial charge in [0.1, 0.15) is 0 Å².